The molecule has 2 aromatic heterocycles. The van der Waals surface area contributed by atoms with E-state index in [0.717, 1.165) is 5.56 Å². The predicted octanol–water partition coefficient (Wildman–Crippen LogP) is 4.00. The van der Waals surface area contributed by atoms with E-state index in [1.165, 1.54) is 11.0 Å². The molecule has 0 atom stereocenters. The van der Waals surface area contributed by atoms with Crippen molar-refractivity contribution in [2.45, 2.75) is 6.92 Å². The Morgan fingerprint density at radius 1 is 0.969 bits per heavy atom. The van der Waals surface area contributed by atoms with Crippen LogP contribution in [0.3, 0.4) is 0 Å². The summed E-state index contributed by atoms with van der Waals surface area (Å²) in [6.07, 6.45) is 1.44. The summed E-state index contributed by atoms with van der Waals surface area (Å²) in [4.78, 5) is 26.3. The Labute approximate surface area is 182 Å². The third-order valence-corrected chi connectivity index (χ3v) is 5.17. The number of benzene rings is 3. The number of nitrogens with zero attached hydrogens (tertiary/aromatic N) is 4. The third-order valence-electron chi connectivity index (χ3n) is 5.17. The fraction of sp³-hybridized carbons (Fsp3) is 0.0417. The molecule has 0 aliphatic carbocycles. The molecule has 5 aromatic rings. The minimum absolute atomic E-state index is 0.172. The number of para-hydroxylation sites is 3. The molecule has 0 aliphatic rings. The van der Waals surface area contributed by atoms with Crippen molar-refractivity contribution < 1.29 is 9.21 Å². The van der Waals surface area contributed by atoms with Crippen molar-refractivity contribution in [2.75, 3.05) is 5.32 Å². The van der Waals surface area contributed by atoms with E-state index in [-0.39, 0.29) is 16.6 Å². The molecule has 0 bridgehead atoms. The van der Waals surface area contributed by atoms with E-state index < -0.39 is 5.91 Å². The molecule has 1 N–H and O–H groups in total. The fourth-order valence-electron chi connectivity index (χ4n) is 3.59. The van der Waals surface area contributed by atoms with Gasteiger partial charge >= 0.3 is 0 Å². The molecule has 156 valence electrons. The van der Waals surface area contributed by atoms with Crippen LogP contribution in [0.4, 0.5) is 5.69 Å². The zero-order chi connectivity index (χ0) is 22.1. The zero-order valence-corrected chi connectivity index (χ0v) is 17.0. The average molecular weight is 423 g/mol. The molecule has 0 spiro atoms. The van der Waals surface area contributed by atoms with E-state index in [2.05, 4.69) is 20.8 Å². The molecule has 3 aromatic carbocycles. The molecule has 8 nitrogen and oxygen atoms in total. The van der Waals surface area contributed by atoms with Gasteiger partial charge in [-0.3, -0.25) is 9.59 Å². The lowest BCUT2D eigenvalue weighted by Gasteiger charge is -2.12. The molecule has 2 heterocycles. The average Bonchev–Trinajstić information content (AvgIpc) is 3.37. The number of amides is 1. The van der Waals surface area contributed by atoms with E-state index in [4.69, 9.17) is 4.42 Å². The number of fused-ring (bicyclic) bond motifs is 1. The highest BCUT2D eigenvalue weighted by Crippen LogP contribution is 2.28. The maximum Gasteiger partial charge on any atom is 0.259 e. The van der Waals surface area contributed by atoms with Crippen molar-refractivity contribution in [3.05, 3.63) is 100 Å². The van der Waals surface area contributed by atoms with Crippen LogP contribution in [0.1, 0.15) is 15.9 Å². The van der Waals surface area contributed by atoms with Gasteiger partial charge in [0.25, 0.3) is 5.91 Å². The zero-order valence-electron chi connectivity index (χ0n) is 17.0. The number of nitrogens with one attached hydrogen (secondary N) is 1. The topological polar surface area (TPSA) is 103 Å². The van der Waals surface area contributed by atoms with Gasteiger partial charge in [-0.1, -0.05) is 48.5 Å². The van der Waals surface area contributed by atoms with Gasteiger partial charge in [-0.15, -0.1) is 5.10 Å². The lowest BCUT2D eigenvalue weighted by Crippen LogP contribution is -2.16. The second-order valence-corrected chi connectivity index (χ2v) is 7.16. The lowest BCUT2D eigenvalue weighted by molar-refractivity contribution is 0.102. The summed E-state index contributed by atoms with van der Waals surface area (Å²) in [6, 6.07) is 21.5. The van der Waals surface area contributed by atoms with Crippen LogP contribution in [0, 0.1) is 6.92 Å². The lowest BCUT2D eigenvalue weighted by atomic mass is 10.0. The summed E-state index contributed by atoms with van der Waals surface area (Å²) in [7, 11) is 0. The first kappa shape index (κ1) is 19.4. The summed E-state index contributed by atoms with van der Waals surface area (Å²) >= 11 is 0. The Kier molecular flexibility index (Phi) is 4.79. The van der Waals surface area contributed by atoms with Gasteiger partial charge in [0, 0.05) is 11.1 Å². The number of hydrogen-bond acceptors (Lipinski definition) is 6. The quantitative estimate of drug-likeness (QED) is 0.469. The van der Waals surface area contributed by atoms with Crippen molar-refractivity contribution in [1.29, 1.82) is 0 Å². The number of tetrazole rings is 1. The Balaban J connectivity index is 1.62. The van der Waals surface area contributed by atoms with Gasteiger partial charge in [0.05, 0.1) is 22.3 Å². The van der Waals surface area contributed by atoms with Crippen LogP contribution < -0.4 is 10.7 Å². The van der Waals surface area contributed by atoms with E-state index in [0.29, 0.717) is 28.1 Å². The number of anilines is 1. The predicted molar refractivity (Wildman–Crippen MR) is 120 cm³/mol. The van der Waals surface area contributed by atoms with Gasteiger partial charge in [-0.05, 0) is 41.6 Å². The first-order valence-corrected chi connectivity index (χ1v) is 9.89. The second kappa shape index (κ2) is 7.92. The van der Waals surface area contributed by atoms with Gasteiger partial charge < -0.3 is 9.73 Å². The Morgan fingerprint density at radius 2 is 1.75 bits per heavy atom. The van der Waals surface area contributed by atoms with Gasteiger partial charge in [-0.2, -0.15) is 4.68 Å². The third kappa shape index (κ3) is 3.33. The number of carbonyl (C=O) groups is 1. The van der Waals surface area contributed by atoms with Crippen LogP contribution in [0.5, 0.6) is 0 Å². The highest BCUT2D eigenvalue weighted by Gasteiger charge is 2.19. The Bertz CT molecular complexity index is 1490. The summed E-state index contributed by atoms with van der Waals surface area (Å²) in [5.74, 6) is 0.0274. The first-order valence-electron chi connectivity index (χ1n) is 9.89. The normalized spacial score (nSPS) is 10.9. The van der Waals surface area contributed by atoms with Crippen molar-refractivity contribution in [3.63, 3.8) is 0 Å². The molecule has 0 fully saturated rings. The van der Waals surface area contributed by atoms with Gasteiger partial charge in [0.2, 0.25) is 0 Å². The molecule has 5 rings (SSSR count). The first-order chi connectivity index (χ1) is 15.6. The van der Waals surface area contributed by atoms with Gasteiger partial charge in [0.1, 0.15) is 12.1 Å². The van der Waals surface area contributed by atoms with Crippen LogP contribution in [0.25, 0.3) is 28.0 Å². The maximum absolute atomic E-state index is 13.3. The SMILES string of the molecule is Cc1c(-c2ccccc2)oc2c(C(=O)Nc3ccccc3-n3cnnn3)cccc2c1=O. The van der Waals surface area contributed by atoms with Crippen LogP contribution >= 0.6 is 0 Å². The van der Waals surface area contributed by atoms with E-state index >= 15 is 0 Å². The van der Waals surface area contributed by atoms with Crippen LogP contribution in [0.15, 0.2) is 88.3 Å². The van der Waals surface area contributed by atoms with Crippen LogP contribution in [-0.4, -0.2) is 26.1 Å². The molecule has 0 saturated heterocycles. The molecule has 0 radical (unpaired) electrons. The van der Waals surface area contributed by atoms with Crippen molar-refractivity contribution in [1.82, 2.24) is 20.2 Å². The van der Waals surface area contributed by atoms with E-state index in [9.17, 15) is 9.59 Å². The molecule has 32 heavy (non-hydrogen) atoms. The molecule has 1 amide bonds. The molecule has 0 saturated carbocycles. The smallest absolute Gasteiger partial charge is 0.259 e. The molecular formula is C24H17N5O3. The summed E-state index contributed by atoms with van der Waals surface area (Å²) in [5.41, 5.74) is 2.69. The number of rotatable bonds is 4. The minimum atomic E-state index is -0.415. The second-order valence-electron chi connectivity index (χ2n) is 7.16. The highest BCUT2D eigenvalue weighted by molar-refractivity contribution is 6.12. The molecule has 0 aliphatic heterocycles. The van der Waals surface area contributed by atoms with Crippen LogP contribution in [-0.2, 0) is 0 Å². The van der Waals surface area contributed by atoms with Crippen molar-refractivity contribution in [2.24, 2.45) is 0 Å². The summed E-state index contributed by atoms with van der Waals surface area (Å²) in [6.45, 7) is 1.72. The fourth-order valence-corrected chi connectivity index (χ4v) is 3.59. The van der Waals surface area contributed by atoms with E-state index in [1.54, 1.807) is 43.3 Å². The Hall–Kier alpha value is -4.59. The van der Waals surface area contributed by atoms with Gasteiger partial charge in [0.15, 0.2) is 11.0 Å². The minimum Gasteiger partial charge on any atom is -0.455 e. The highest BCUT2D eigenvalue weighted by atomic mass is 16.3. The van der Waals surface area contributed by atoms with Gasteiger partial charge in [-0.25, -0.2) is 0 Å². The molecule has 0 unspecified atom stereocenters. The maximum atomic E-state index is 13.3. The molecular weight excluding hydrogens is 406 g/mol. The number of aromatic nitrogens is 4. The van der Waals surface area contributed by atoms with Crippen molar-refractivity contribution >= 4 is 22.6 Å². The van der Waals surface area contributed by atoms with E-state index in [1.807, 2.05) is 36.4 Å². The monoisotopic (exact) mass is 423 g/mol. The summed E-state index contributed by atoms with van der Waals surface area (Å²) < 4.78 is 7.61. The van der Waals surface area contributed by atoms with Crippen molar-refractivity contribution in [3.8, 4) is 17.0 Å². The summed E-state index contributed by atoms with van der Waals surface area (Å²) in [5, 5.41) is 14.4. The standard InChI is InChI=1S/C24H17N5O3/c1-15-21(30)17-10-7-11-18(23(17)32-22(15)16-8-3-2-4-9-16)24(31)26-19-12-5-6-13-20(19)29-14-25-27-28-29/h2-14H,1H3,(H,26,31). The number of carbonyl (C=O) groups excluding carboxylic acids is 1. The van der Waals surface area contributed by atoms with Crippen LogP contribution in [0.2, 0.25) is 0 Å². The Morgan fingerprint density at radius 3 is 2.53 bits per heavy atom. The number of hydrogen-bond donors (Lipinski definition) is 1. The molecule has 8 heteroatoms. The largest absolute Gasteiger partial charge is 0.455 e.